The van der Waals surface area contributed by atoms with Gasteiger partial charge in [0.05, 0.1) is 11.1 Å². The van der Waals surface area contributed by atoms with Crippen LogP contribution in [0.5, 0.6) is 0 Å². The van der Waals surface area contributed by atoms with Crippen molar-refractivity contribution in [1.29, 1.82) is 0 Å². The summed E-state index contributed by atoms with van der Waals surface area (Å²) < 4.78 is 9.06. The largest absolute Gasteiger partial charge is 0.456 e. The molecule has 2 nitrogen and oxygen atoms in total. The van der Waals surface area contributed by atoms with Gasteiger partial charge in [-0.25, -0.2) is 0 Å². The highest BCUT2D eigenvalue weighted by Crippen LogP contribution is 2.45. The fourth-order valence-corrected chi connectivity index (χ4v) is 9.29. The van der Waals surface area contributed by atoms with Crippen LogP contribution in [-0.2, 0) is 0 Å². The summed E-state index contributed by atoms with van der Waals surface area (Å²) >= 11 is 1.85. The van der Waals surface area contributed by atoms with Gasteiger partial charge >= 0.3 is 0 Å². The Balaban J connectivity index is 1.14. The molecule has 11 aromatic rings. The Morgan fingerprint density at radius 1 is 0.377 bits per heavy atom. The first-order valence-electron chi connectivity index (χ1n) is 18.0. The molecule has 3 heteroatoms. The molecule has 248 valence electrons. The highest BCUT2D eigenvalue weighted by molar-refractivity contribution is 7.25. The van der Waals surface area contributed by atoms with Gasteiger partial charge in [0.2, 0.25) is 0 Å². The Kier molecular flexibility index (Phi) is 6.76. The van der Waals surface area contributed by atoms with E-state index >= 15 is 0 Å². The molecular formula is C50H31NOS. The summed E-state index contributed by atoms with van der Waals surface area (Å²) in [5.74, 6) is 0. The van der Waals surface area contributed by atoms with Crippen LogP contribution in [0, 0.1) is 0 Å². The van der Waals surface area contributed by atoms with E-state index in [4.69, 9.17) is 4.42 Å². The van der Waals surface area contributed by atoms with E-state index in [-0.39, 0.29) is 0 Å². The first-order chi connectivity index (χ1) is 26.3. The number of para-hydroxylation sites is 1. The second kappa shape index (κ2) is 11.9. The van der Waals surface area contributed by atoms with Crippen molar-refractivity contribution in [3.05, 3.63) is 188 Å². The van der Waals surface area contributed by atoms with E-state index in [1.54, 1.807) is 0 Å². The third-order valence-corrected chi connectivity index (χ3v) is 11.8. The van der Waals surface area contributed by atoms with Gasteiger partial charge < -0.3 is 9.32 Å². The molecule has 0 fully saturated rings. The molecule has 0 atom stereocenters. The lowest BCUT2D eigenvalue weighted by molar-refractivity contribution is 0.669. The van der Waals surface area contributed by atoms with Crippen LogP contribution in [0.2, 0.25) is 0 Å². The van der Waals surface area contributed by atoms with Crippen molar-refractivity contribution < 1.29 is 4.42 Å². The smallest absolute Gasteiger partial charge is 0.137 e. The number of hydrogen-bond donors (Lipinski definition) is 0. The third kappa shape index (κ3) is 4.86. The minimum absolute atomic E-state index is 0.872. The van der Waals surface area contributed by atoms with Crippen LogP contribution >= 0.6 is 11.3 Å². The van der Waals surface area contributed by atoms with Gasteiger partial charge in [0.1, 0.15) is 11.2 Å². The number of nitrogens with zero attached hydrogens (tertiary/aromatic N) is 1. The highest BCUT2D eigenvalue weighted by Gasteiger charge is 2.21. The van der Waals surface area contributed by atoms with Gasteiger partial charge in [-0.15, -0.1) is 11.3 Å². The Bertz CT molecular complexity index is 3200. The maximum Gasteiger partial charge on any atom is 0.137 e. The number of hydrogen-bond acceptors (Lipinski definition) is 3. The van der Waals surface area contributed by atoms with Crippen molar-refractivity contribution in [1.82, 2.24) is 0 Å². The third-order valence-electron chi connectivity index (χ3n) is 10.6. The zero-order valence-electron chi connectivity index (χ0n) is 28.7. The number of benzene rings is 9. The van der Waals surface area contributed by atoms with E-state index in [1.807, 2.05) is 17.4 Å². The molecule has 0 aliphatic heterocycles. The van der Waals surface area contributed by atoms with Crippen molar-refractivity contribution in [2.75, 3.05) is 4.90 Å². The van der Waals surface area contributed by atoms with Gasteiger partial charge in [0, 0.05) is 36.9 Å². The average molecular weight is 694 g/mol. The predicted octanol–water partition coefficient (Wildman–Crippen LogP) is 15.1. The van der Waals surface area contributed by atoms with E-state index in [2.05, 4.69) is 187 Å². The summed E-state index contributed by atoms with van der Waals surface area (Å²) in [6.45, 7) is 0. The van der Waals surface area contributed by atoms with Crippen molar-refractivity contribution in [3.63, 3.8) is 0 Å². The molecule has 11 rings (SSSR count). The first-order valence-corrected chi connectivity index (χ1v) is 18.8. The number of fused-ring (bicyclic) bond motifs is 9. The maximum atomic E-state index is 6.43. The van der Waals surface area contributed by atoms with Crippen LogP contribution in [0.4, 0.5) is 17.1 Å². The molecule has 0 spiro atoms. The van der Waals surface area contributed by atoms with E-state index in [0.29, 0.717) is 0 Å². The van der Waals surface area contributed by atoms with Gasteiger partial charge in [-0.3, -0.25) is 0 Å². The van der Waals surface area contributed by atoms with Crippen LogP contribution < -0.4 is 4.90 Å². The van der Waals surface area contributed by atoms with E-state index in [1.165, 1.54) is 64.0 Å². The van der Waals surface area contributed by atoms with Crippen LogP contribution in [0.15, 0.2) is 192 Å². The lowest BCUT2D eigenvalue weighted by Gasteiger charge is -2.27. The van der Waals surface area contributed by atoms with E-state index in [0.717, 1.165) is 39.0 Å². The summed E-state index contributed by atoms with van der Waals surface area (Å²) in [4.78, 5) is 2.40. The van der Waals surface area contributed by atoms with Gasteiger partial charge in [-0.2, -0.15) is 0 Å². The lowest BCUT2D eigenvalue weighted by Crippen LogP contribution is -2.10. The zero-order valence-corrected chi connectivity index (χ0v) is 29.5. The Hall–Kier alpha value is -6.68. The van der Waals surface area contributed by atoms with Crippen LogP contribution in [0.1, 0.15) is 0 Å². The molecular weight excluding hydrogens is 663 g/mol. The number of anilines is 3. The number of rotatable bonds is 5. The molecule has 9 aromatic carbocycles. The SMILES string of the molecule is c1cc(-c2ccc3sc4ccccc4c3c2)cc(N(c2cccc(-c3cc4ccccc4c4ccccc34)c2)c2cccc3oc4ccccc4c23)c1. The zero-order chi connectivity index (χ0) is 34.9. The molecule has 0 radical (unpaired) electrons. The molecule has 0 amide bonds. The van der Waals surface area contributed by atoms with Gasteiger partial charge in [0.15, 0.2) is 0 Å². The minimum atomic E-state index is 0.872. The molecule has 0 aliphatic rings. The Morgan fingerprint density at radius 3 is 1.87 bits per heavy atom. The summed E-state index contributed by atoms with van der Waals surface area (Å²) in [5, 5.41) is 9.83. The quantitative estimate of drug-likeness (QED) is 0.167. The minimum Gasteiger partial charge on any atom is -0.456 e. The van der Waals surface area contributed by atoms with Crippen molar-refractivity contribution in [3.8, 4) is 22.3 Å². The standard InChI is InChI=1S/C50H31NOS/c1-2-17-38-35(12-1)31-43(40-19-4-3-18-39(38)40)34-14-10-16-37(29-34)51(45-22-11-24-47-50(45)42-21-5-7-23-46(42)52-47)36-15-9-13-32(28-36)33-26-27-49-44(30-33)41-20-6-8-25-48(41)53-49/h1-31H. The predicted molar refractivity (Wildman–Crippen MR) is 227 cm³/mol. The van der Waals surface area contributed by atoms with Crippen LogP contribution in [0.3, 0.4) is 0 Å². The number of thiophene rings is 1. The molecule has 0 saturated carbocycles. The van der Waals surface area contributed by atoms with Crippen molar-refractivity contribution >= 4 is 92.1 Å². The molecule has 0 unspecified atom stereocenters. The van der Waals surface area contributed by atoms with Crippen LogP contribution in [0.25, 0.3) is 85.9 Å². The van der Waals surface area contributed by atoms with Crippen molar-refractivity contribution in [2.24, 2.45) is 0 Å². The fraction of sp³-hybridized carbons (Fsp3) is 0. The molecule has 0 saturated heterocycles. The topological polar surface area (TPSA) is 16.4 Å². The van der Waals surface area contributed by atoms with Crippen molar-refractivity contribution in [2.45, 2.75) is 0 Å². The summed E-state index contributed by atoms with van der Waals surface area (Å²) in [6.07, 6.45) is 0. The van der Waals surface area contributed by atoms with Crippen LogP contribution in [-0.4, -0.2) is 0 Å². The molecule has 2 aromatic heterocycles. The van der Waals surface area contributed by atoms with Gasteiger partial charge in [0.25, 0.3) is 0 Å². The van der Waals surface area contributed by atoms with E-state index < -0.39 is 0 Å². The first kappa shape index (κ1) is 30.0. The summed E-state index contributed by atoms with van der Waals surface area (Å²) in [5.41, 5.74) is 9.75. The Morgan fingerprint density at radius 2 is 1.00 bits per heavy atom. The molecule has 2 heterocycles. The monoisotopic (exact) mass is 693 g/mol. The highest BCUT2D eigenvalue weighted by atomic mass is 32.1. The summed E-state index contributed by atoms with van der Waals surface area (Å²) in [6, 6.07) is 68.1. The molecule has 0 N–H and O–H groups in total. The van der Waals surface area contributed by atoms with Gasteiger partial charge in [-0.05, 0) is 111 Å². The average Bonchev–Trinajstić information content (AvgIpc) is 3.79. The summed E-state index contributed by atoms with van der Waals surface area (Å²) in [7, 11) is 0. The molecule has 53 heavy (non-hydrogen) atoms. The second-order valence-electron chi connectivity index (χ2n) is 13.7. The molecule has 0 bridgehead atoms. The lowest BCUT2D eigenvalue weighted by atomic mass is 9.93. The number of furan rings is 1. The maximum absolute atomic E-state index is 6.43. The van der Waals surface area contributed by atoms with E-state index in [9.17, 15) is 0 Å². The van der Waals surface area contributed by atoms with Gasteiger partial charge in [-0.1, -0.05) is 121 Å². The molecule has 0 aliphatic carbocycles. The Labute approximate surface area is 310 Å². The normalized spacial score (nSPS) is 11.8. The second-order valence-corrected chi connectivity index (χ2v) is 14.8. The fourth-order valence-electron chi connectivity index (χ4n) is 8.21.